The van der Waals surface area contributed by atoms with Crippen molar-refractivity contribution in [2.24, 2.45) is 5.92 Å². The van der Waals surface area contributed by atoms with Crippen molar-refractivity contribution in [2.45, 2.75) is 64.2 Å². The second-order valence-electron chi connectivity index (χ2n) is 13.7. The SMILES string of the molecule is CN1C(=CCC2CCCC(C=CC3=[N+](C)c4ccc5ccccc5c4C3(C)C)=C2Cl)C(C)(C)c2c1ccc1ccccc21. The van der Waals surface area contributed by atoms with Crippen molar-refractivity contribution < 1.29 is 4.58 Å². The van der Waals surface area contributed by atoms with E-state index < -0.39 is 0 Å². The highest BCUT2D eigenvalue weighted by Crippen LogP contribution is 2.51. The van der Waals surface area contributed by atoms with Gasteiger partial charge in [0.05, 0.1) is 5.41 Å². The Kier molecular flexibility index (Phi) is 6.71. The van der Waals surface area contributed by atoms with Crippen molar-refractivity contribution in [3.05, 3.63) is 118 Å². The molecule has 7 rings (SSSR count). The molecule has 1 aliphatic carbocycles. The number of benzene rings is 4. The molecule has 0 amide bonds. The number of rotatable bonds is 4. The van der Waals surface area contributed by atoms with Gasteiger partial charge >= 0.3 is 0 Å². The molecule has 2 aliphatic heterocycles. The number of likely N-dealkylation sites (N-methyl/N-ethyl adjacent to an activating group) is 1. The molecule has 0 bridgehead atoms. The number of nitrogens with zero attached hydrogens (tertiary/aromatic N) is 2. The van der Waals surface area contributed by atoms with Gasteiger partial charge in [-0.25, -0.2) is 0 Å². The van der Waals surface area contributed by atoms with Crippen molar-refractivity contribution in [1.82, 2.24) is 0 Å². The van der Waals surface area contributed by atoms with Gasteiger partial charge in [0.1, 0.15) is 7.05 Å². The molecule has 3 aliphatic rings. The van der Waals surface area contributed by atoms with E-state index in [0.29, 0.717) is 5.92 Å². The number of anilines is 1. The minimum Gasteiger partial charge on any atom is -0.347 e. The van der Waals surface area contributed by atoms with Crippen LogP contribution in [-0.4, -0.2) is 24.4 Å². The third-order valence-electron chi connectivity index (χ3n) is 10.5. The van der Waals surface area contributed by atoms with E-state index in [1.807, 2.05) is 0 Å². The number of allylic oxidation sites excluding steroid dienone is 6. The van der Waals surface area contributed by atoms with E-state index in [-0.39, 0.29) is 10.8 Å². The van der Waals surface area contributed by atoms with Crippen molar-refractivity contribution in [1.29, 1.82) is 0 Å². The first kappa shape index (κ1) is 28.2. The maximum absolute atomic E-state index is 7.23. The van der Waals surface area contributed by atoms with E-state index in [1.165, 1.54) is 67.4 Å². The zero-order valence-electron chi connectivity index (χ0n) is 26.3. The Morgan fingerprint density at radius 2 is 1.49 bits per heavy atom. The zero-order valence-corrected chi connectivity index (χ0v) is 27.1. The van der Waals surface area contributed by atoms with Crippen LogP contribution in [0, 0.1) is 5.92 Å². The summed E-state index contributed by atoms with van der Waals surface area (Å²) in [6.07, 6.45) is 11.4. The van der Waals surface area contributed by atoms with E-state index in [0.717, 1.165) is 24.3 Å². The lowest BCUT2D eigenvalue weighted by atomic mass is 9.78. The predicted molar refractivity (Wildman–Crippen MR) is 185 cm³/mol. The van der Waals surface area contributed by atoms with E-state index in [4.69, 9.17) is 11.6 Å². The quantitative estimate of drug-likeness (QED) is 0.216. The number of hydrogen-bond acceptors (Lipinski definition) is 1. The van der Waals surface area contributed by atoms with E-state index in [2.05, 4.69) is 142 Å². The molecule has 218 valence electrons. The highest BCUT2D eigenvalue weighted by atomic mass is 35.5. The zero-order chi connectivity index (χ0) is 30.1. The van der Waals surface area contributed by atoms with E-state index in [9.17, 15) is 0 Å². The molecular formula is C40H42ClN2+. The lowest BCUT2D eigenvalue weighted by Gasteiger charge is -2.27. The first-order valence-electron chi connectivity index (χ1n) is 15.8. The normalized spacial score (nSPS) is 22.0. The second-order valence-corrected chi connectivity index (χ2v) is 14.1. The molecule has 0 N–H and O–H groups in total. The van der Waals surface area contributed by atoms with Gasteiger partial charge in [0.15, 0.2) is 5.71 Å². The van der Waals surface area contributed by atoms with Gasteiger partial charge in [-0.15, -0.1) is 0 Å². The highest BCUT2D eigenvalue weighted by molar-refractivity contribution is 6.30. The molecule has 3 heteroatoms. The highest BCUT2D eigenvalue weighted by Gasteiger charge is 2.44. The lowest BCUT2D eigenvalue weighted by Crippen LogP contribution is -2.27. The summed E-state index contributed by atoms with van der Waals surface area (Å²) in [5.41, 5.74) is 9.30. The van der Waals surface area contributed by atoms with Crippen LogP contribution in [0.1, 0.15) is 64.5 Å². The maximum atomic E-state index is 7.23. The summed E-state index contributed by atoms with van der Waals surface area (Å²) in [4.78, 5) is 2.40. The van der Waals surface area contributed by atoms with E-state index >= 15 is 0 Å². The van der Waals surface area contributed by atoms with Crippen LogP contribution >= 0.6 is 11.6 Å². The fourth-order valence-corrected chi connectivity index (χ4v) is 8.68. The lowest BCUT2D eigenvalue weighted by molar-refractivity contribution is -0.401. The Labute approximate surface area is 261 Å². The summed E-state index contributed by atoms with van der Waals surface area (Å²) >= 11 is 7.23. The van der Waals surface area contributed by atoms with Crippen molar-refractivity contribution in [3.8, 4) is 0 Å². The van der Waals surface area contributed by atoms with Gasteiger partial charge in [-0.3, -0.25) is 0 Å². The molecule has 2 heterocycles. The predicted octanol–water partition coefficient (Wildman–Crippen LogP) is 10.5. The van der Waals surface area contributed by atoms with Gasteiger partial charge in [0.2, 0.25) is 5.69 Å². The standard InChI is InChI=1S/C40H42ClN2/c1-39(2)34(42(5)32-22-18-26-12-7-9-16-30(26)36(32)39)24-20-28-14-11-15-29(38(28)41)21-25-35-40(3,4)37-31-17-10-8-13-27(31)19-23-33(37)43(35)6/h7-10,12-13,16-20,22-25,29H,11,14-15,21H2,1-6H3/q+1. The summed E-state index contributed by atoms with van der Waals surface area (Å²) in [6, 6.07) is 26.6. The van der Waals surface area contributed by atoms with Gasteiger partial charge in [-0.2, -0.15) is 4.58 Å². The molecule has 1 unspecified atom stereocenters. The molecule has 43 heavy (non-hydrogen) atoms. The average Bonchev–Trinajstić information content (AvgIpc) is 3.33. The van der Waals surface area contributed by atoms with E-state index in [1.54, 1.807) is 0 Å². The molecule has 2 nitrogen and oxygen atoms in total. The monoisotopic (exact) mass is 585 g/mol. The Bertz CT molecular complexity index is 1920. The van der Waals surface area contributed by atoms with Gasteiger partial charge in [-0.1, -0.05) is 92.2 Å². The van der Waals surface area contributed by atoms with Gasteiger partial charge < -0.3 is 4.90 Å². The topological polar surface area (TPSA) is 6.25 Å². The molecule has 0 radical (unpaired) electrons. The van der Waals surface area contributed by atoms with Crippen LogP contribution in [0.2, 0.25) is 0 Å². The summed E-state index contributed by atoms with van der Waals surface area (Å²) in [5.74, 6) is 0.354. The van der Waals surface area contributed by atoms with Crippen LogP contribution in [0.15, 0.2) is 107 Å². The van der Waals surface area contributed by atoms with Crippen molar-refractivity contribution >= 4 is 50.2 Å². The fraction of sp³-hybridized carbons (Fsp3) is 0.325. The number of fused-ring (bicyclic) bond motifs is 6. The molecule has 0 spiro atoms. The summed E-state index contributed by atoms with van der Waals surface area (Å²) in [5, 5.41) is 6.36. The molecule has 0 saturated heterocycles. The molecule has 0 fully saturated rings. The van der Waals surface area contributed by atoms with Gasteiger partial charge in [-0.05, 0) is 90.3 Å². The van der Waals surface area contributed by atoms with Crippen molar-refractivity contribution in [3.63, 3.8) is 0 Å². The van der Waals surface area contributed by atoms with Crippen LogP contribution < -0.4 is 4.90 Å². The third kappa shape index (κ3) is 4.32. The molecule has 4 aromatic carbocycles. The Hall–Kier alpha value is -3.62. The summed E-state index contributed by atoms with van der Waals surface area (Å²) in [7, 11) is 4.42. The van der Waals surface area contributed by atoms with Crippen LogP contribution in [0.4, 0.5) is 11.4 Å². The van der Waals surface area contributed by atoms with Crippen LogP contribution in [-0.2, 0) is 10.8 Å². The van der Waals surface area contributed by atoms with Crippen LogP contribution in [0.25, 0.3) is 21.5 Å². The van der Waals surface area contributed by atoms with Gasteiger partial charge in [0, 0.05) is 46.6 Å². The minimum atomic E-state index is -0.0925. The molecule has 1 atom stereocenters. The first-order chi connectivity index (χ1) is 20.6. The first-order valence-corrected chi connectivity index (χ1v) is 16.1. The number of halogens is 1. The fourth-order valence-electron chi connectivity index (χ4n) is 8.32. The number of hydrogen-bond donors (Lipinski definition) is 0. The summed E-state index contributed by atoms with van der Waals surface area (Å²) < 4.78 is 2.37. The third-order valence-corrected chi connectivity index (χ3v) is 11.0. The van der Waals surface area contributed by atoms with Crippen LogP contribution in [0.5, 0.6) is 0 Å². The van der Waals surface area contributed by atoms with Crippen LogP contribution in [0.3, 0.4) is 0 Å². The minimum absolute atomic E-state index is 0.0625. The van der Waals surface area contributed by atoms with Gasteiger partial charge in [0.25, 0.3) is 0 Å². The Morgan fingerprint density at radius 3 is 2.21 bits per heavy atom. The summed E-state index contributed by atoms with van der Waals surface area (Å²) in [6.45, 7) is 9.46. The molecule has 0 aromatic heterocycles. The smallest absolute Gasteiger partial charge is 0.210 e. The Balaban J connectivity index is 1.17. The molecule has 0 saturated carbocycles. The largest absolute Gasteiger partial charge is 0.347 e. The second kappa shape index (κ2) is 10.2. The molecule has 4 aromatic rings. The molecular weight excluding hydrogens is 544 g/mol. The van der Waals surface area contributed by atoms with Crippen molar-refractivity contribution in [2.75, 3.05) is 19.0 Å². The Morgan fingerprint density at radius 1 is 0.837 bits per heavy atom. The maximum Gasteiger partial charge on any atom is 0.210 e. The average molecular weight is 586 g/mol.